The number of aliphatic imine (C=N–C) groups is 2. The molecule has 0 radical (unpaired) electrons. The van der Waals surface area contributed by atoms with Gasteiger partial charge in [-0.1, -0.05) is 13.8 Å². The Morgan fingerprint density at radius 3 is 1.89 bits per heavy atom. The fourth-order valence-electron chi connectivity index (χ4n) is 7.31. The molecule has 8 heteroatoms. The first-order chi connectivity index (χ1) is 21.6. The zero-order chi connectivity index (χ0) is 32.2. The van der Waals surface area contributed by atoms with Gasteiger partial charge in [0.25, 0.3) is 0 Å². The quantitative estimate of drug-likeness (QED) is 0.384. The average molecular weight is 607 g/mol. The van der Waals surface area contributed by atoms with Crippen LogP contribution >= 0.6 is 0 Å². The lowest BCUT2D eigenvalue weighted by molar-refractivity contribution is -0.141. The van der Waals surface area contributed by atoms with Gasteiger partial charge in [-0.05, 0) is 122 Å². The Balaban J connectivity index is 1.74. The number of ether oxygens (including phenoxy) is 2. The van der Waals surface area contributed by atoms with Crippen LogP contribution in [0, 0.1) is 13.8 Å². The van der Waals surface area contributed by atoms with Gasteiger partial charge in [-0.25, -0.2) is 9.98 Å². The van der Waals surface area contributed by atoms with Crippen LogP contribution in [0.2, 0.25) is 0 Å². The Labute approximate surface area is 264 Å². The number of allylic oxidation sites excluding steroid dienone is 4. The first kappa shape index (κ1) is 30.6. The van der Waals surface area contributed by atoms with Crippen LogP contribution in [0.1, 0.15) is 87.0 Å². The zero-order valence-electron chi connectivity index (χ0n) is 27.7. The molecule has 4 aliphatic rings. The van der Waals surface area contributed by atoms with Crippen LogP contribution in [-0.2, 0) is 38.6 Å². The molecule has 6 heterocycles. The van der Waals surface area contributed by atoms with Crippen molar-refractivity contribution in [1.29, 1.82) is 0 Å². The number of esters is 2. The number of aromatic nitrogens is 2. The maximum absolute atomic E-state index is 12.4. The van der Waals surface area contributed by atoms with Gasteiger partial charge in [0.2, 0.25) is 0 Å². The molecule has 234 valence electrons. The molecule has 0 saturated heterocycles. The second-order valence-electron chi connectivity index (χ2n) is 12.2. The van der Waals surface area contributed by atoms with E-state index in [1.807, 2.05) is 0 Å². The normalized spacial score (nSPS) is 16.4. The van der Waals surface area contributed by atoms with E-state index in [1.54, 1.807) is 0 Å². The molecule has 6 rings (SSSR count). The van der Waals surface area contributed by atoms with Crippen LogP contribution in [0.15, 0.2) is 43.7 Å². The predicted octanol–water partition coefficient (Wildman–Crippen LogP) is 5.26. The van der Waals surface area contributed by atoms with Crippen molar-refractivity contribution in [2.75, 3.05) is 14.2 Å². The van der Waals surface area contributed by atoms with Gasteiger partial charge >= 0.3 is 11.9 Å². The minimum Gasteiger partial charge on any atom is -0.469 e. The zero-order valence-corrected chi connectivity index (χ0v) is 27.7. The molecule has 6 bridgehead atoms. The second kappa shape index (κ2) is 11.8. The van der Waals surface area contributed by atoms with Crippen molar-refractivity contribution in [3.8, 4) is 0 Å². The summed E-state index contributed by atoms with van der Waals surface area (Å²) in [4.78, 5) is 35.1. The van der Waals surface area contributed by atoms with Crippen LogP contribution in [0.3, 0.4) is 0 Å². The summed E-state index contributed by atoms with van der Waals surface area (Å²) in [6.45, 7) is 13.6. The number of methoxy groups -OCH3 is 2. The van der Waals surface area contributed by atoms with Gasteiger partial charge in [0.05, 0.1) is 43.7 Å². The van der Waals surface area contributed by atoms with E-state index in [2.05, 4.69) is 75.0 Å². The highest BCUT2D eigenvalue weighted by atomic mass is 16.5. The SMILES string of the molecule is CCC1=C(C)C2=NC1=Cc1c(C)c(CCC(=O)OC)c3n1Cn1c(c(C)c(CC)c1=C2)=CC1=NC(=C3)C(CCC(=O)OC)=C1C. The van der Waals surface area contributed by atoms with Crippen molar-refractivity contribution in [3.05, 3.63) is 78.0 Å². The van der Waals surface area contributed by atoms with Gasteiger partial charge in [-0.3, -0.25) is 9.59 Å². The van der Waals surface area contributed by atoms with Crippen molar-refractivity contribution >= 4 is 47.7 Å². The minimum atomic E-state index is -0.245. The summed E-state index contributed by atoms with van der Waals surface area (Å²) in [6.07, 6.45) is 12.2. The standard InChI is InChI=1S/C37H42N4O4/c1-9-24-20(3)29-16-34-25(10-2)22(5)32-15-28-21(4)26(11-13-36(42)44-7)31(39-28)18-35-27(12-14-37(43)45-8)23(6)33(17-30(24)38-29)41(35)19-40(32)34/h15-18H,9-14,19H2,1-8H3. The maximum Gasteiger partial charge on any atom is 0.305 e. The average Bonchev–Trinajstić information content (AvgIpc) is 3.66. The predicted molar refractivity (Wildman–Crippen MR) is 179 cm³/mol. The van der Waals surface area contributed by atoms with Crippen LogP contribution in [0.5, 0.6) is 0 Å². The van der Waals surface area contributed by atoms with E-state index in [9.17, 15) is 9.59 Å². The van der Waals surface area contributed by atoms with Gasteiger partial charge in [0, 0.05) is 34.9 Å². The number of rotatable bonds is 8. The summed E-state index contributed by atoms with van der Waals surface area (Å²) < 4.78 is 14.8. The van der Waals surface area contributed by atoms with Crippen LogP contribution in [-0.4, -0.2) is 46.7 Å². The summed E-state index contributed by atoms with van der Waals surface area (Å²) in [7, 11) is 2.86. The van der Waals surface area contributed by atoms with Gasteiger partial charge in [0.15, 0.2) is 0 Å². The molecule has 0 saturated carbocycles. The fraction of sp³-hybridized carbons (Fsp3) is 0.405. The van der Waals surface area contributed by atoms with E-state index in [0.717, 1.165) is 80.0 Å². The van der Waals surface area contributed by atoms with E-state index in [0.29, 0.717) is 19.5 Å². The third-order valence-electron chi connectivity index (χ3n) is 9.93. The lowest BCUT2D eigenvalue weighted by Gasteiger charge is -2.16. The molecular formula is C37H42N4O4. The minimum absolute atomic E-state index is 0.241. The molecule has 0 N–H and O–H groups in total. The molecule has 8 nitrogen and oxygen atoms in total. The number of carbonyl (C=O) groups is 2. The summed E-state index contributed by atoms with van der Waals surface area (Å²) in [6, 6.07) is 0. The Kier molecular flexibility index (Phi) is 8.02. The number of hydrogen-bond acceptors (Lipinski definition) is 6. The van der Waals surface area contributed by atoms with E-state index < -0.39 is 0 Å². The third kappa shape index (κ3) is 5.00. The van der Waals surface area contributed by atoms with E-state index in [-0.39, 0.29) is 24.8 Å². The summed E-state index contributed by atoms with van der Waals surface area (Å²) in [5, 5.41) is 2.28. The number of hydrogen-bond donors (Lipinski definition) is 0. The number of fused-ring (bicyclic) bond motifs is 2. The summed E-state index contributed by atoms with van der Waals surface area (Å²) >= 11 is 0. The molecule has 45 heavy (non-hydrogen) atoms. The molecule has 4 aliphatic heterocycles. The third-order valence-corrected chi connectivity index (χ3v) is 9.93. The lowest BCUT2D eigenvalue weighted by Crippen LogP contribution is -2.33. The Hall–Kier alpha value is -4.46. The topological polar surface area (TPSA) is 87.2 Å². The Morgan fingerprint density at radius 1 is 0.689 bits per heavy atom. The highest BCUT2D eigenvalue weighted by Gasteiger charge is 2.28. The second-order valence-corrected chi connectivity index (χ2v) is 12.2. The molecule has 0 aromatic carbocycles. The lowest BCUT2D eigenvalue weighted by atomic mass is 9.98. The van der Waals surface area contributed by atoms with Gasteiger partial charge < -0.3 is 18.6 Å². The first-order valence-electron chi connectivity index (χ1n) is 15.9. The van der Waals surface area contributed by atoms with Gasteiger partial charge in [-0.15, -0.1) is 0 Å². The molecule has 2 aromatic rings. The van der Waals surface area contributed by atoms with E-state index >= 15 is 0 Å². The molecule has 2 aromatic heterocycles. The fourth-order valence-corrected chi connectivity index (χ4v) is 7.31. The highest BCUT2D eigenvalue weighted by Crippen LogP contribution is 2.37. The molecule has 0 unspecified atom stereocenters. The number of nitrogens with zero attached hydrogens (tertiary/aromatic N) is 4. The summed E-state index contributed by atoms with van der Waals surface area (Å²) in [5.41, 5.74) is 15.1. The largest absolute Gasteiger partial charge is 0.469 e. The molecule has 0 atom stereocenters. The van der Waals surface area contributed by atoms with Crippen molar-refractivity contribution in [2.45, 2.75) is 86.7 Å². The highest BCUT2D eigenvalue weighted by molar-refractivity contribution is 6.24. The van der Waals surface area contributed by atoms with Crippen LogP contribution < -0.4 is 10.7 Å². The van der Waals surface area contributed by atoms with Gasteiger partial charge in [0.1, 0.15) is 0 Å². The first-order valence-corrected chi connectivity index (χ1v) is 15.9. The smallest absolute Gasteiger partial charge is 0.305 e. The summed E-state index contributed by atoms with van der Waals surface area (Å²) in [5.74, 6) is -0.486. The molecule has 0 amide bonds. The van der Waals surface area contributed by atoms with Crippen molar-refractivity contribution in [2.24, 2.45) is 9.98 Å². The Bertz CT molecular complexity index is 1980. The monoisotopic (exact) mass is 606 g/mol. The van der Waals surface area contributed by atoms with E-state index in [1.165, 1.54) is 36.5 Å². The number of carbonyl (C=O) groups excluding carboxylic acids is 2. The van der Waals surface area contributed by atoms with Crippen molar-refractivity contribution in [3.63, 3.8) is 0 Å². The maximum atomic E-state index is 12.4. The van der Waals surface area contributed by atoms with Crippen LogP contribution in [0.4, 0.5) is 0 Å². The Morgan fingerprint density at radius 2 is 1.27 bits per heavy atom. The molecule has 0 aliphatic carbocycles. The van der Waals surface area contributed by atoms with Crippen molar-refractivity contribution in [1.82, 2.24) is 9.13 Å². The molecule has 0 fully saturated rings. The molecule has 0 spiro atoms. The van der Waals surface area contributed by atoms with Crippen LogP contribution in [0.25, 0.3) is 24.3 Å². The van der Waals surface area contributed by atoms with Gasteiger partial charge in [-0.2, -0.15) is 0 Å². The molecular weight excluding hydrogens is 564 g/mol. The van der Waals surface area contributed by atoms with E-state index in [4.69, 9.17) is 19.5 Å². The van der Waals surface area contributed by atoms with Crippen molar-refractivity contribution < 1.29 is 19.1 Å².